The first-order valence-corrected chi connectivity index (χ1v) is 7.31. The van der Waals surface area contributed by atoms with E-state index in [-0.39, 0.29) is 17.5 Å². The second-order valence-electron chi connectivity index (χ2n) is 5.16. The van der Waals surface area contributed by atoms with Gasteiger partial charge in [-0.25, -0.2) is 0 Å². The molecule has 0 saturated carbocycles. The summed E-state index contributed by atoms with van der Waals surface area (Å²) in [5.74, 6) is -0.0729. The quantitative estimate of drug-likeness (QED) is 0.583. The Labute approximate surface area is 138 Å². The van der Waals surface area contributed by atoms with Crippen molar-refractivity contribution < 1.29 is 18.0 Å². The predicted molar refractivity (Wildman–Crippen MR) is 88.9 cm³/mol. The number of nitrogens with two attached hydrogens (primary N) is 1. The van der Waals surface area contributed by atoms with Gasteiger partial charge in [0, 0.05) is 19.3 Å². The van der Waals surface area contributed by atoms with Crippen LogP contribution in [0.4, 0.5) is 18.9 Å². The minimum absolute atomic E-state index is 0.0435. The third-order valence-electron chi connectivity index (χ3n) is 3.69. The molecule has 0 spiro atoms. The smallest absolute Gasteiger partial charge is 0.390 e. The van der Waals surface area contributed by atoms with E-state index in [1.807, 2.05) is 4.90 Å². The van der Waals surface area contributed by atoms with Crippen LogP contribution in [0.5, 0.6) is 0 Å². The Hall–Kier alpha value is -2.51. The average molecular weight is 342 g/mol. The number of allylic oxidation sites excluding steroid dienone is 1. The van der Waals surface area contributed by atoms with Gasteiger partial charge in [-0.05, 0) is 30.5 Å². The molecule has 1 aromatic rings. The van der Waals surface area contributed by atoms with Crippen LogP contribution in [-0.2, 0) is 4.79 Å². The average Bonchev–Trinajstić information content (AvgIpc) is 3.03. The number of hydrogen-bond donors (Lipinski definition) is 3. The van der Waals surface area contributed by atoms with Gasteiger partial charge in [-0.1, -0.05) is 18.7 Å². The van der Waals surface area contributed by atoms with E-state index < -0.39 is 11.7 Å². The predicted octanol–water partition coefficient (Wildman–Crippen LogP) is 2.53. The highest BCUT2D eigenvalue weighted by molar-refractivity contribution is 5.85. The van der Waals surface area contributed by atoms with Crippen molar-refractivity contribution in [2.75, 3.05) is 18.5 Å². The number of alkyl halides is 3. The Balaban J connectivity index is 0.000000891. The van der Waals surface area contributed by atoms with Crippen LogP contribution in [0.2, 0.25) is 0 Å². The number of halogens is 3. The highest BCUT2D eigenvalue weighted by Gasteiger charge is 2.33. The fourth-order valence-corrected chi connectivity index (χ4v) is 2.53. The Morgan fingerprint density at radius 1 is 1.42 bits per heavy atom. The number of amides is 1. The van der Waals surface area contributed by atoms with Crippen LogP contribution in [0, 0.1) is 5.41 Å². The standard InChI is InChI=1S/C15H17F3N2O.CH4N2/c1-10(15(16,17)18)11-5-7-12(8-6-11)20-9-3-4-13(20)14(21)19-2;2-1-3/h5-8,13H,1,3-4,9H2,2H3,(H,19,21);1H,(H3,2,3). The third-order valence-corrected chi connectivity index (χ3v) is 3.69. The minimum atomic E-state index is -4.43. The van der Waals surface area contributed by atoms with Crippen LogP contribution < -0.4 is 16.0 Å². The van der Waals surface area contributed by atoms with E-state index in [4.69, 9.17) is 5.41 Å². The van der Waals surface area contributed by atoms with Gasteiger partial charge in [0.25, 0.3) is 0 Å². The normalized spacial score (nSPS) is 16.8. The van der Waals surface area contributed by atoms with Gasteiger partial charge in [-0.3, -0.25) is 10.2 Å². The van der Waals surface area contributed by atoms with E-state index in [0.29, 0.717) is 0 Å². The summed E-state index contributed by atoms with van der Waals surface area (Å²) in [7, 11) is 1.58. The number of benzene rings is 1. The first-order valence-electron chi connectivity index (χ1n) is 7.31. The van der Waals surface area contributed by atoms with Crippen LogP contribution in [0.25, 0.3) is 5.57 Å². The van der Waals surface area contributed by atoms with E-state index in [0.717, 1.165) is 31.4 Å². The maximum absolute atomic E-state index is 12.6. The first kappa shape index (κ1) is 19.5. The van der Waals surface area contributed by atoms with Crippen LogP contribution in [0.15, 0.2) is 30.8 Å². The van der Waals surface area contributed by atoms with Gasteiger partial charge < -0.3 is 16.0 Å². The fourth-order valence-electron chi connectivity index (χ4n) is 2.53. The molecule has 1 atom stereocenters. The van der Waals surface area contributed by atoms with Gasteiger partial charge in [-0.2, -0.15) is 13.2 Å². The molecule has 0 aromatic heterocycles. The molecule has 1 aromatic carbocycles. The molecule has 1 aliphatic rings. The van der Waals surface area contributed by atoms with Crippen molar-refractivity contribution in [3.8, 4) is 0 Å². The lowest BCUT2D eigenvalue weighted by molar-refractivity contribution is -0.121. The number of nitrogens with one attached hydrogen (secondary N) is 2. The number of likely N-dealkylation sites (N-methyl/N-ethyl adjacent to an activating group) is 1. The summed E-state index contributed by atoms with van der Waals surface area (Å²) in [6, 6.07) is 5.74. The molecule has 1 heterocycles. The zero-order valence-electron chi connectivity index (χ0n) is 13.4. The van der Waals surface area contributed by atoms with Gasteiger partial charge in [0.1, 0.15) is 6.04 Å². The van der Waals surface area contributed by atoms with Crippen molar-refractivity contribution in [3.63, 3.8) is 0 Å². The van der Waals surface area contributed by atoms with Gasteiger partial charge in [-0.15, -0.1) is 0 Å². The van der Waals surface area contributed by atoms with Crippen molar-refractivity contribution in [1.29, 1.82) is 5.41 Å². The number of anilines is 1. The van der Waals surface area contributed by atoms with Crippen LogP contribution in [0.1, 0.15) is 18.4 Å². The van der Waals surface area contributed by atoms with E-state index in [2.05, 4.69) is 17.6 Å². The zero-order valence-corrected chi connectivity index (χ0v) is 13.4. The summed E-state index contributed by atoms with van der Waals surface area (Å²) in [4.78, 5) is 13.7. The summed E-state index contributed by atoms with van der Waals surface area (Å²) >= 11 is 0. The molecule has 1 unspecified atom stereocenters. The topological polar surface area (TPSA) is 82.2 Å². The fraction of sp³-hybridized carbons (Fsp3) is 0.375. The van der Waals surface area contributed by atoms with Gasteiger partial charge in [0.15, 0.2) is 0 Å². The van der Waals surface area contributed by atoms with Crippen molar-refractivity contribution in [1.82, 2.24) is 5.32 Å². The SMILES string of the molecule is C=C(c1ccc(N2CCCC2C(=O)NC)cc1)C(F)(F)F.N=CN. The molecule has 1 aliphatic heterocycles. The number of carbonyl (C=O) groups excluding carboxylic acids is 1. The van der Waals surface area contributed by atoms with Crippen LogP contribution in [0.3, 0.4) is 0 Å². The Morgan fingerprint density at radius 2 is 1.96 bits per heavy atom. The Bertz CT molecular complexity index is 584. The van der Waals surface area contributed by atoms with E-state index in [1.165, 1.54) is 12.1 Å². The number of rotatable bonds is 3. The monoisotopic (exact) mass is 342 g/mol. The van der Waals surface area contributed by atoms with Gasteiger partial charge >= 0.3 is 6.18 Å². The molecular formula is C16H21F3N4O. The molecule has 0 aliphatic carbocycles. The van der Waals surface area contributed by atoms with Crippen LogP contribution >= 0.6 is 0 Å². The zero-order chi connectivity index (χ0) is 18.3. The van der Waals surface area contributed by atoms with Crippen molar-refractivity contribution in [2.24, 2.45) is 5.73 Å². The number of hydrogen-bond acceptors (Lipinski definition) is 3. The molecular weight excluding hydrogens is 321 g/mol. The summed E-state index contributed by atoms with van der Waals surface area (Å²) < 4.78 is 37.8. The second-order valence-corrected chi connectivity index (χ2v) is 5.16. The maximum Gasteiger partial charge on any atom is 0.416 e. The van der Waals surface area contributed by atoms with Crippen molar-refractivity contribution in [2.45, 2.75) is 25.1 Å². The summed E-state index contributed by atoms with van der Waals surface area (Å²) in [5.41, 5.74) is 4.32. The number of nitrogens with zero attached hydrogens (tertiary/aromatic N) is 1. The highest BCUT2D eigenvalue weighted by atomic mass is 19.4. The summed E-state index contributed by atoms with van der Waals surface area (Å²) in [5, 5.41) is 8.47. The molecule has 0 bridgehead atoms. The molecule has 132 valence electrons. The third kappa shape index (κ3) is 4.74. The molecule has 8 heteroatoms. The second kappa shape index (κ2) is 8.37. The largest absolute Gasteiger partial charge is 0.416 e. The van der Waals surface area contributed by atoms with Crippen LogP contribution in [-0.4, -0.2) is 38.1 Å². The minimum Gasteiger partial charge on any atom is -0.390 e. The van der Waals surface area contributed by atoms with Crippen molar-refractivity contribution in [3.05, 3.63) is 36.4 Å². The van der Waals surface area contributed by atoms with E-state index in [1.54, 1.807) is 19.2 Å². The molecule has 24 heavy (non-hydrogen) atoms. The van der Waals surface area contributed by atoms with E-state index in [9.17, 15) is 18.0 Å². The molecule has 4 N–H and O–H groups in total. The molecule has 5 nitrogen and oxygen atoms in total. The van der Waals surface area contributed by atoms with Crippen molar-refractivity contribution >= 4 is 23.5 Å². The lowest BCUT2D eigenvalue weighted by Crippen LogP contribution is -2.41. The molecule has 1 amide bonds. The molecule has 2 rings (SSSR count). The maximum atomic E-state index is 12.6. The van der Waals surface area contributed by atoms with Gasteiger partial charge in [0.2, 0.25) is 5.91 Å². The Kier molecular flexibility index (Phi) is 6.82. The first-order chi connectivity index (χ1) is 11.3. The van der Waals surface area contributed by atoms with Gasteiger partial charge in [0.05, 0.1) is 11.9 Å². The molecule has 0 radical (unpaired) electrons. The number of carbonyl (C=O) groups is 1. The van der Waals surface area contributed by atoms with E-state index >= 15 is 0 Å². The lowest BCUT2D eigenvalue weighted by atomic mass is 10.1. The highest BCUT2D eigenvalue weighted by Crippen LogP contribution is 2.33. The molecule has 1 saturated heterocycles. The lowest BCUT2D eigenvalue weighted by Gasteiger charge is -2.25. The molecule has 1 fully saturated rings. The summed E-state index contributed by atoms with van der Waals surface area (Å²) in [6.07, 6.45) is -2.05. The summed E-state index contributed by atoms with van der Waals surface area (Å²) in [6.45, 7) is 3.80. The Morgan fingerprint density at radius 3 is 2.42 bits per heavy atom.